The van der Waals surface area contributed by atoms with E-state index in [-0.39, 0.29) is 24.9 Å². The molecule has 1 aromatic carbocycles. The number of thioether (sulfide) groups is 2. The second-order valence-corrected chi connectivity index (χ2v) is 18.1. The van der Waals surface area contributed by atoms with Gasteiger partial charge in [-0.05, 0) is 156 Å². The van der Waals surface area contributed by atoms with E-state index in [9.17, 15) is 8.78 Å². The summed E-state index contributed by atoms with van der Waals surface area (Å²) in [6.45, 7) is 6.39. The summed E-state index contributed by atoms with van der Waals surface area (Å²) >= 11 is 7.55. The first-order valence-electron chi connectivity index (χ1n) is 18.9. The van der Waals surface area contributed by atoms with Crippen LogP contribution < -0.4 is 10.9 Å². The minimum atomic E-state index is -3.11. The highest BCUT2D eigenvalue weighted by Gasteiger charge is 2.45. The van der Waals surface area contributed by atoms with Crippen LogP contribution in [0.3, 0.4) is 0 Å². The maximum Gasteiger partial charge on any atom is 0.400 e. The van der Waals surface area contributed by atoms with Gasteiger partial charge in [0.15, 0.2) is 0 Å². The van der Waals surface area contributed by atoms with Gasteiger partial charge in [0, 0.05) is 23.4 Å². The van der Waals surface area contributed by atoms with Crippen LogP contribution in [0.5, 0.6) is 5.75 Å². The van der Waals surface area contributed by atoms with Crippen molar-refractivity contribution >= 4 is 39.5 Å². The average molecular weight is 795 g/mol. The van der Waals surface area contributed by atoms with E-state index in [1.165, 1.54) is 88.6 Å². The van der Waals surface area contributed by atoms with E-state index in [1.54, 1.807) is 34.1 Å². The number of allylic oxidation sites excluding steroid dienone is 1. The minimum Gasteiger partial charge on any atom is -0.432 e. The third-order valence-electron chi connectivity index (χ3n) is 11.2. The van der Waals surface area contributed by atoms with Crippen molar-refractivity contribution in [2.75, 3.05) is 24.7 Å². The molecule has 5 N–H and O–H groups in total. The summed E-state index contributed by atoms with van der Waals surface area (Å²) in [6, 6.07) is 6.58. The smallest absolute Gasteiger partial charge is 0.400 e. The van der Waals surface area contributed by atoms with Crippen molar-refractivity contribution in [3.63, 3.8) is 0 Å². The van der Waals surface area contributed by atoms with Gasteiger partial charge in [-0.1, -0.05) is 48.2 Å². The first-order valence-corrected chi connectivity index (χ1v) is 21.6. The monoisotopic (exact) mass is 793 g/mol. The van der Waals surface area contributed by atoms with Gasteiger partial charge >= 0.3 is 6.11 Å². The molecule has 10 heteroatoms. The highest BCUT2D eigenvalue weighted by molar-refractivity contribution is 9.10. The molecule has 0 aromatic heterocycles. The van der Waals surface area contributed by atoms with E-state index in [1.807, 2.05) is 0 Å². The summed E-state index contributed by atoms with van der Waals surface area (Å²) in [7, 11) is 0. The Kier molecular flexibility index (Phi) is 19.3. The number of hydrogen-bond acceptors (Lipinski definition) is 6. The van der Waals surface area contributed by atoms with Crippen molar-refractivity contribution in [3.05, 3.63) is 38.5 Å². The molecule has 284 valence electrons. The lowest BCUT2D eigenvalue weighted by Gasteiger charge is -2.39. The largest absolute Gasteiger partial charge is 0.432 e. The van der Waals surface area contributed by atoms with Crippen molar-refractivity contribution in [2.45, 2.75) is 141 Å². The first-order chi connectivity index (χ1) is 22.8. The van der Waals surface area contributed by atoms with Crippen LogP contribution in [0, 0.1) is 29.6 Å². The Morgan fingerprint density at radius 3 is 1.76 bits per heavy atom. The maximum absolute atomic E-state index is 14.5. The molecule has 2 saturated carbocycles. The molecule has 3 heterocycles. The van der Waals surface area contributed by atoms with Crippen molar-refractivity contribution in [2.24, 2.45) is 29.6 Å². The molecule has 5 aliphatic rings. The van der Waals surface area contributed by atoms with Crippen LogP contribution >= 0.6 is 39.5 Å². The summed E-state index contributed by atoms with van der Waals surface area (Å²) in [6.07, 6.45) is 17.4. The van der Waals surface area contributed by atoms with Crippen molar-refractivity contribution in [1.82, 2.24) is 6.15 Å². The molecule has 0 radical (unpaired) electrons. The van der Waals surface area contributed by atoms with Gasteiger partial charge in [0.25, 0.3) is 0 Å². The van der Waals surface area contributed by atoms with E-state index in [0.29, 0.717) is 30.8 Å². The van der Waals surface area contributed by atoms with Gasteiger partial charge < -0.3 is 25.8 Å². The van der Waals surface area contributed by atoms with Crippen LogP contribution in [0.2, 0.25) is 0 Å². The third kappa shape index (κ3) is 13.2. The average Bonchev–Trinajstić information content (AvgIpc) is 3.11. The Morgan fingerprint density at radius 2 is 1.29 bits per heavy atom. The highest BCUT2D eigenvalue weighted by atomic mass is 79.9. The van der Waals surface area contributed by atoms with Crippen LogP contribution in [0.15, 0.2) is 38.5 Å². The number of benzene rings is 1. The van der Waals surface area contributed by atoms with Gasteiger partial charge in [-0.3, -0.25) is 0 Å². The molecule has 2 aliphatic carbocycles. The van der Waals surface area contributed by atoms with Gasteiger partial charge in [0.2, 0.25) is 0 Å². The fraction of sp³-hybridized carbons (Fsp3) is 0.795. The van der Waals surface area contributed by atoms with E-state index in [2.05, 4.69) is 53.3 Å². The van der Waals surface area contributed by atoms with Crippen LogP contribution in [-0.4, -0.2) is 48.5 Å². The summed E-state index contributed by atoms with van der Waals surface area (Å²) in [5.41, 5.74) is 1.78. The molecule has 0 spiro atoms. The lowest BCUT2D eigenvalue weighted by atomic mass is 9.76. The zero-order valence-corrected chi connectivity index (χ0v) is 33.3. The molecule has 3 saturated heterocycles. The molecule has 0 amide bonds. The standard InChI is InChI=1S/C21H29BrF2O2.C18H30OS2.H3N.H2O.H2/c1-2-3-15-4-13-20(25-14-15)16-5-7-17(8-6-16)21(23,24)26-19-11-9-18(22)10-12-19;1-2-4-14-5-10-17(19-13-14)15-6-8-16(9-7-15)18-20-11-3-12-21-18;;;/h9-12,15-17,20H,2-8,13-14H2,1H3;14-15,17H,2-13H2,1H3;1H3;1H2;1H. The Labute approximate surface area is 314 Å². The molecule has 3 aliphatic heterocycles. The fourth-order valence-electron chi connectivity index (χ4n) is 8.44. The minimum absolute atomic E-state index is 0. The van der Waals surface area contributed by atoms with Crippen molar-refractivity contribution in [3.8, 4) is 5.75 Å². The molecule has 5 fully saturated rings. The van der Waals surface area contributed by atoms with Crippen LogP contribution in [0.25, 0.3) is 0 Å². The number of ether oxygens (including phenoxy) is 3. The number of hydrogen-bond donors (Lipinski definition) is 1. The molecular formula is C39H66BrF2NO4S2. The molecule has 1 aromatic rings. The Balaban J connectivity index is 0.000000333. The van der Waals surface area contributed by atoms with Crippen molar-refractivity contribution < 1.29 is 29.9 Å². The summed E-state index contributed by atoms with van der Waals surface area (Å²) in [4.78, 5) is 0. The number of rotatable bonds is 9. The zero-order chi connectivity index (χ0) is 33.1. The molecule has 0 bridgehead atoms. The van der Waals surface area contributed by atoms with Gasteiger partial charge in [-0.2, -0.15) is 8.78 Å². The highest BCUT2D eigenvalue weighted by Crippen LogP contribution is 2.45. The molecule has 49 heavy (non-hydrogen) atoms. The fourth-order valence-corrected chi connectivity index (χ4v) is 11.5. The lowest BCUT2D eigenvalue weighted by molar-refractivity contribution is -0.225. The maximum atomic E-state index is 14.5. The molecular weight excluding hydrogens is 728 g/mol. The quantitative estimate of drug-likeness (QED) is 0.267. The first kappa shape index (κ1) is 43.0. The second kappa shape index (κ2) is 22.0. The van der Waals surface area contributed by atoms with E-state index < -0.39 is 12.0 Å². The van der Waals surface area contributed by atoms with E-state index in [0.717, 1.165) is 48.8 Å². The Bertz CT molecular complexity index is 1080. The zero-order valence-electron chi connectivity index (χ0n) is 30.1. The number of alkyl halides is 2. The molecule has 4 atom stereocenters. The Morgan fingerprint density at radius 1 is 0.776 bits per heavy atom. The lowest BCUT2D eigenvalue weighted by Crippen LogP contribution is -2.40. The normalized spacial score (nSPS) is 31.0. The predicted molar refractivity (Wildman–Crippen MR) is 209 cm³/mol. The Hall–Kier alpha value is -0.360. The van der Waals surface area contributed by atoms with Gasteiger partial charge in [0.05, 0.1) is 18.1 Å². The number of halogens is 3. The predicted octanol–water partition coefficient (Wildman–Crippen LogP) is 12.3. The van der Waals surface area contributed by atoms with Crippen molar-refractivity contribution in [1.29, 1.82) is 0 Å². The summed E-state index contributed by atoms with van der Waals surface area (Å²) < 4.78 is 49.0. The van der Waals surface area contributed by atoms with Gasteiger partial charge in [-0.25, -0.2) is 0 Å². The van der Waals surface area contributed by atoms with E-state index >= 15 is 0 Å². The molecule has 6 rings (SSSR count). The topological polar surface area (TPSA) is 94.2 Å². The van der Waals surface area contributed by atoms with Gasteiger partial charge in [0.1, 0.15) is 5.75 Å². The summed E-state index contributed by atoms with van der Waals surface area (Å²) in [5, 5.41) is 0. The van der Waals surface area contributed by atoms with Gasteiger partial charge in [-0.15, -0.1) is 23.5 Å². The molecule has 5 nitrogen and oxygen atoms in total. The van der Waals surface area contributed by atoms with Crippen LogP contribution in [0.4, 0.5) is 8.78 Å². The van der Waals surface area contributed by atoms with E-state index in [4.69, 9.17) is 14.2 Å². The second-order valence-electron chi connectivity index (χ2n) is 14.7. The SMILES string of the molecule is CCCC1CCC(C2CCC(=C3SCCCS3)CC2)OC1.CCCC1CCC(C2CCC(C(F)(F)Oc3ccc(Br)cc3)CC2)OC1.N.O.[HH]. The summed E-state index contributed by atoms with van der Waals surface area (Å²) in [5.74, 6) is 5.02. The van der Waals surface area contributed by atoms with Crippen LogP contribution in [-0.2, 0) is 9.47 Å². The third-order valence-corrected chi connectivity index (χ3v) is 14.6. The van der Waals surface area contributed by atoms with Crippen LogP contribution in [0.1, 0.15) is 124 Å². The molecule has 4 unspecified atom stereocenters.